The van der Waals surface area contributed by atoms with E-state index in [0.29, 0.717) is 12.2 Å². The number of halogens is 1. The number of thioether (sulfide) groups is 1. The highest BCUT2D eigenvalue weighted by Gasteiger charge is 2.13. The van der Waals surface area contributed by atoms with Crippen molar-refractivity contribution in [3.8, 4) is 0 Å². The highest BCUT2D eigenvalue weighted by Crippen LogP contribution is 2.26. The number of nitrogens with one attached hydrogen (secondary N) is 1. The molecule has 0 aromatic heterocycles. The Kier molecular flexibility index (Phi) is 6.81. The summed E-state index contributed by atoms with van der Waals surface area (Å²) < 4.78 is 0. The van der Waals surface area contributed by atoms with Crippen LogP contribution in [0.25, 0.3) is 0 Å². The van der Waals surface area contributed by atoms with Gasteiger partial charge in [-0.25, -0.2) is 0 Å². The molecule has 2 rings (SSSR count). The highest BCUT2D eigenvalue weighted by atomic mass is 35.5. The fourth-order valence-electron chi connectivity index (χ4n) is 2.25. The van der Waals surface area contributed by atoms with Crippen molar-refractivity contribution in [2.45, 2.75) is 11.4 Å². The van der Waals surface area contributed by atoms with E-state index in [9.17, 15) is 14.9 Å². The van der Waals surface area contributed by atoms with E-state index in [1.54, 1.807) is 11.8 Å². The molecule has 0 unspecified atom stereocenters. The van der Waals surface area contributed by atoms with Gasteiger partial charge in [-0.05, 0) is 37.1 Å². The minimum Gasteiger partial charge on any atom is -0.324 e. The van der Waals surface area contributed by atoms with Gasteiger partial charge in [0.1, 0.15) is 0 Å². The van der Waals surface area contributed by atoms with E-state index in [1.807, 2.05) is 42.5 Å². The molecule has 0 aliphatic rings. The monoisotopic (exact) mass is 379 g/mol. The summed E-state index contributed by atoms with van der Waals surface area (Å²) in [6, 6.07) is 12.1. The number of anilines is 1. The van der Waals surface area contributed by atoms with Crippen molar-refractivity contribution in [1.29, 1.82) is 0 Å². The molecule has 0 radical (unpaired) electrons. The number of likely N-dealkylation sites (N-methyl/N-ethyl adjacent to an activating group) is 1. The van der Waals surface area contributed by atoms with Crippen LogP contribution in [0, 0.1) is 10.1 Å². The molecule has 0 bridgehead atoms. The van der Waals surface area contributed by atoms with Gasteiger partial charge in [-0.2, -0.15) is 0 Å². The summed E-state index contributed by atoms with van der Waals surface area (Å²) in [4.78, 5) is 25.4. The average Bonchev–Trinajstić information content (AvgIpc) is 2.57. The van der Waals surface area contributed by atoms with Crippen LogP contribution in [-0.4, -0.2) is 35.6 Å². The molecule has 0 aliphatic heterocycles. The lowest BCUT2D eigenvalue weighted by molar-refractivity contribution is -0.384. The third-order valence-electron chi connectivity index (χ3n) is 3.46. The highest BCUT2D eigenvalue weighted by molar-refractivity contribution is 7.98. The molecule has 6 nitrogen and oxygen atoms in total. The fourth-order valence-corrected chi connectivity index (χ4v) is 2.88. The zero-order valence-corrected chi connectivity index (χ0v) is 15.4. The van der Waals surface area contributed by atoms with Gasteiger partial charge in [-0.15, -0.1) is 11.8 Å². The molecular weight excluding hydrogens is 362 g/mol. The maximum atomic E-state index is 12.1. The van der Waals surface area contributed by atoms with E-state index < -0.39 is 4.92 Å². The van der Waals surface area contributed by atoms with E-state index >= 15 is 0 Å². The molecule has 2 aromatic carbocycles. The van der Waals surface area contributed by atoms with Crippen molar-refractivity contribution in [1.82, 2.24) is 4.90 Å². The number of carbonyl (C=O) groups excluding carboxylic acids is 1. The molecule has 132 valence electrons. The number of amides is 1. The van der Waals surface area contributed by atoms with Crippen molar-refractivity contribution in [3.05, 3.63) is 63.2 Å². The normalized spacial score (nSPS) is 10.7. The number of hydrogen-bond donors (Lipinski definition) is 1. The van der Waals surface area contributed by atoms with Crippen molar-refractivity contribution in [2.75, 3.05) is 25.2 Å². The summed E-state index contributed by atoms with van der Waals surface area (Å²) in [6.45, 7) is 0.813. The predicted octanol–water partition coefficient (Wildman–Crippen LogP) is 4.04. The Morgan fingerprint density at radius 1 is 1.28 bits per heavy atom. The number of carbonyl (C=O) groups is 1. The van der Waals surface area contributed by atoms with Gasteiger partial charge in [0, 0.05) is 23.6 Å². The first-order valence-corrected chi connectivity index (χ1v) is 9.04. The average molecular weight is 380 g/mol. The van der Waals surface area contributed by atoms with Gasteiger partial charge >= 0.3 is 0 Å². The van der Waals surface area contributed by atoms with Crippen molar-refractivity contribution >= 4 is 40.6 Å². The number of rotatable bonds is 7. The Hall–Kier alpha value is -2.09. The van der Waals surface area contributed by atoms with Crippen LogP contribution in [0.1, 0.15) is 5.56 Å². The van der Waals surface area contributed by atoms with Crippen molar-refractivity contribution in [3.63, 3.8) is 0 Å². The maximum Gasteiger partial charge on any atom is 0.271 e. The summed E-state index contributed by atoms with van der Waals surface area (Å²) in [5, 5.41) is 13.5. The molecule has 8 heteroatoms. The van der Waals surface area contributed by atoms with Gasteiger partial charge in [0.05, 0.1) is 22.2 Å². The third kappa shape index (κ3) is 5.74. The van der Waals surface area contributed by atoms with Gasteiger partial charge in [0.15, 0.2) is 0 Å². The second kappa shape index (κ2) is 8.84. The number of non-ortho nitro benzene ring substituents is 1. The van der Waals surface area contributed by atoms with Crippen LogP contribution < -0.4 is 5.32 Å². The van der Waals surface area contributed by atoms with E-state index in [2.05, 4.69) is 5.32 Å². The van der Waals surface area contributed by atoms with Gasteiger partial charge in [0.25, 0.3) is 5.69 Å². The van der Waals surface area contributed by atoms with E-state index in [1.165, 1.54) is 23.1 Å². The summed E-state index contributed by atoms with van der Waals surface area (Å²) in [7, 11) is 1.85. The maximum absolute atomic E-state index is 12.1. The first-order chi connectivity index (χ1) is 11.9. The van der Waals surface area contributed by atoms with Crippen LogP contribution in [0.4, 0.5) is 11.4 Å². The Labute approximate surface area is 155 Å². The van der Waals surface area contributed by atoms with Gasteiger partial charge in [-0.3, -0.25) is 19.8 Å². The second-order valence-corrected chi connectivity index (χ2v) is 6.78. The summed E-state index contributed by atoms with van der Waals surface area (Å²) >= 11 is 7.66. The Balaban J connectivity index is 1.91. The number of nitro benzene ring substituents is 1. The Morgan fingerprint density at radius 2 is 1.96 bits per heavy atom. The molecule has 0 heterocycles. The Morgan fingerprint density at radius 3 is 2.52 bits per heavy atom. The second-order valence-electron chi connectivity index (χ2n) is 5.49. The minimum atomic E-state index is -0.534. The summed E-state index contributed by atoms with van der Waals surface area (Å²) in [6.07, 6.45) is 2.02. The third-order valence-corrected chi connectivity index (χ3v) is 4.52. The molecule has 0 atom stereocenters. The topological polar surface area (TPSA) is 75.5 Å². The summed E-state index contributed by atoms with van der Waals surface area (Å²) in [5.74, 6) is -0.237. The van der Waals surface area contributed by atoms with Crippen LogP contribution in [0.2, 0.25) is 5.02 Å². The number of hydrogen-bond acceptors (Lipinski definition) is 5. The predicted molar refractivity (Wildman–Crippen MR) is 101 cm³/mol. The molecule has 1 amide bonds. The van der Waals surface area contributed by atoms with Crippen molar-refractivity contribution < 1.29 is 9.72 Å². The molecule has 0 spiro atoms. The molecule has 0 fully saturated rings. The molecule has 0 aliphatic carbocycles. The largest absolute Gasteiger partial charge is 0.324 e. The standard InChI is InChI=1S/C17H18ClN3O3S/c1-20(10-12-3-6-14(25-2)7-4-12)11-17(22)19-16-8-5-13(21(23)24)9-15(16)18/h3-9H,10-11H2,1-2H3,(H,19,22). The van der Waals surface area contributed by atoms with E-state index in [-0.39, 0.29) is 23.2 Å². The van der Waals surface area contributed by atoms with Crippen LogP contribution in [0.5, 0.6) is 0 Å². The zero-order chi connectivity index (χ0) is 18.4. The first-order valence-electron chi connectivity index (χ1n) is 7.44. The van der Waals surface area contributed by atoms with E-state index in [0.717, 1.165) is 5.56 Å². The van der Waals surface area contributed by atoms with Crippen LogP contribution in [0.15, 0.2) is 47.4 Å². The lowest BCUT2D eigenvalue weighted by Gasteiger charge is -2.17. The van der Waals surface area contributed by atoms with Gasteiger partial charge in [-0.1, -0.05) is 23.7 Å². The quantitative estimate of drug-likeness (QED) is 0.446. The molecular formula is C17H18ClN3O3S. The Bertz CT molecular complexity index is 768. The van der Waals surface area contributed by atoms with Gasteiger partial charge < -0.3 is 5.32 Å². The number of nitrogens with zero attached hydrogens (tertiary/aromatic N) is 2. The summed E-state index contributed by atoms with van der Waals surface area (Å²) in [5.41, 5.74) is 1.35. The van der Waals surface area contributed by atoms with Gasteiger partial charge in [0.2, 0.25) is 5.91 Å². The van der Waals surface area contributed by atoms with Crippen LogP contribution in [-0.2, 0) is 11.3 Å². The first kappa shape index (κ1) is 19.2. The number of nitro groups is 1. The molecule has 0 saturated carbocycles. The molecule has 1 N–H and O–H groups in total. The van der Waals surface area contributed by atoms with Crippen LogP contribution in [0.3, 0.4) is 0 Å². The molecule has 2 aromatic rings. The zero-order valence-electron chi connectivity index (χ0n) is 13.9. The fraction of sp³-hybridized carbons (Fsp3) is 0.235. The lowest BCUT2D eigenvalue weighted by Crippen LogP contribution is -2.29. The van der Waals surface area contributed by atoms with E-state index in [4.69, 9.17) is 11.6 Å². The van der Waals surface area contributed by atoms with Crippen molar-refractivity contribution in [2.24, 2.45) is 0 Å². The SMILES string of the molecule is CSc1ccc(CN(C)CC(=O)Nc2ccc([N+](=O)[O-])cc2Cl)cc1. The van der Waals surface area contributed by atoms with Crippen LogP contribution >= 0.6 is 23.4 Å². The lowest BCUT2D eigenvalue weighted by atomic mass is 10.2. The minimum absolute atomic E-state index is 0.117. The smallest absolute Gasteiger partial charge is 0.271 e. The number of benzene rings is 2. The molecule has 25 heavy (non-hydrogen) atoms. The molecule has 0 saturated heterocycles.